The topological polar surface area (TPSA) is 43.4 Å². The first kappa shape index (κ1) is 25.8. The quantitative estimate of drug-likeness (QED) is 0.554. The van der Waals surface area contributed by atoms with Gasteiger partial charge < -0.3 is 28.7 Å². The van der Waals surface area contributed by atoms with E-state index in [1.165, 1.54) is 31.3 Å². The first-order valence-corrected chi connectivity index (χ1v) is 11.9. The molecule has 6 heteroatoms. The van der Waals surface area contributed by atoms with Crippen molar-refractivity contribution in [3.8, 4) is 0 Å². The molecule has 6 nitrogen and oxygen atoms in total. The number of hydrogen-bond donors (Lipinski definition) is 0. The minimum absolute atomic E-state index is 0.564. The van der Waals surface area contributed by atoms with E-state index < -0.39 is 0 Å². The lowest BCUT2D eigenvalue weighted by Crippen LogP contribution is -2.39. The first-order chi connectivity index (χ1) is 14.5. The summed E-state index contributed by atoms with van der Waals surface area (Å²) in [6.45, 7) is 14.5. The minimum atomic E-state index is 0.564. The molecule has 0 spiro atoms. The second kappa shape index (κ2) is 15.3. The maximum Gasteiger partial charge on any atom is 0.0707 e. The van der Waals surface area contributed by atoms with Gasteiger partial charge in [0.15, 0.2) is 0 Å². The highest BCUT2D eigenvalue weighted by Crippen LogP contribution is 2.24. The summed E-state index contributed by atoms with van der Waals surface area (Å²) in [4.78, 5) is 4.63. The minimum Gasteiger partial charge on any atom is -0.381 e. The van der Waals surface area contributed by atoms with Crippen LogP contribution in [0.2, 0.25) is 0 Å². The van der Waals surface area contributed by atoms with Gasteiger partial charge in [-0.15, -0.1) is 0 Å². The fourth-order valence-corrected chi connectivity index (χ4v) is 3.91. The van der Waals surface area contributed by atoms with Crippen LogP contribution in [0.1, 0.15) is 46.0 Å². The molecule has 30 heavy (non-hydrogen) atoms. The summed E-state index contributed by atoms with van der Waals surface area (Å²) >= 11 is 0. The van der Waals surface area contributed by atoms with Gasteiger partial charge in [-0.2, -0.15) is 0 Å². The van der Waals surface area contributed by atoms with Crippen molar-refractivity contribution in [2.75, 3.05) is 79.9 Å². The lowest BCUT2D eigenvalue weighted by Gasteiger charge is -2.28. The van der Waals surface area contributed by atoms with Gasteiger partial charge in [0.25, 0.3) is 0 Å². The third kappa shape index (κ3) is 11.8. The zero-order valence-corrected chi connectivity index (χ0v) is 19.9. The molecular formula is C24H46N2O4. The van der Waals surface area contributed by atoms with Gasteiger partial charge in [-0.05, 0) is 59.0 Å². The summed E-state index contributed by atoms with van der Waals surface area (Å²) in [6, 6.07) is 0. The lowest BCUT2D eigenvalue weighted by molar-refractivity contribution is -0.0293. The van der Waals surface area contributed by atoms with Gasteiger partial charge in [-0.1, -0.05) is 18.6 Å². The molecule has 0 radical (unpaired) electrons. The monoisotopic (exact) mass is 426 g/mol. The molecule has 0 N–H and O–H groups in total. The van der Waals surface area contributed by atoms with E-state index in [1.54, 1.807) is 0 Å². The van der Waals surface area contributed by atoms with Crippen LogP contribution < -0.4 is 0 Å². The van der Waals surface area contributed by atoms with Crippen LogP contribution in [0.5, 0.6) is 0 Å². The van der Waals surface area contributed by atoms with Crippen LogP contribution in [0, 0.1) is 5.92 Å². The molecule has 176 valence electrons. The Morgan fingerprint density at radius 1 is 0.767 bits per heavy atom. The third-order valence-electron chi connectivity index (χ3n) is 6.16. The van der Waals surface area contributed by atoms with E-state index in [4.69, 9.17) is 18.9 Å². The summed E-state index contributed by atoms with van der Waals surface area (Å²) in [7, 11) is 4.29. The Hall–Kier alpha value is -0.500. The molecule has 4 saturated heterocycles. The van der Waals surface area contributed by atoms with Crippen LogP contribution in [-0.4, -0.2) is 102 Å². The second-order valence-corrected chi connectivity index (χ2v) is 9.26. The smallest absolute Gasteiger partial charge is 0.0707 e. The summed E-state index contributed by atoms with van der Waals surface area (Å²) in [6.07, 6.45) is 9.48. The number of morpholine rings is 2. The van der Waals surface area contributed by atoms with Gasteiger partial charge in [-0.25, -0.2) is 0 Å². The van der Waals surface area contributed by atoms with Gasteiger partial charge in [-0.3, -0.25) is 0 Å². The largest absolute Gasteiger partial charge is 0.381 e. The SMILES string of the molecule is CC1=CCOCC1.CC1CCOCC1.CN1CC2CCC(C1)O2.CN1CCOCC1. The van der Waals surface area contributed by atoms with Crippen molar-refractivity contribution in [1.82, 2.24) is 9.80 Å². The van der Waals surface area contributed by atoms with Gasteiger partial charge >= 0.3 is 0 Å². The van der Waals surface area contributed by atoms with E-state index in [-0.39, 0.29) is 0 Å². The molecule has 5 aliphatic rings. The van der Waals surface area contributed by atoms with Crippen LogP contribution in [-0.2, 0) is 18.9 Å². The zero-order valence-electron chi connectivity index (χ0n) is 19.9. The van der Waals surface area contributed by atoms with Gasteiger partial charge in [0.2, 0.25) is 0 Å². The molecule has 5 heterocycles. The van der Waals surface area contributed by atoms with Crippen molar-refractivity contribution in [3.63, 3.8) is 0 Å². The number of likely N-dealkylation sites (tertiary alicyclic amines) is 1. The van der Waals surface area contributed by atoms with Crippen molar-refractivity contribution in [1.29, 1.82) is 0 Å². The second-order valence-electron chi connectivity index (χ2n) is 9.26. The normalized spacial score (nSPS) is 29.9. The Morgan fingerprint density at radius 3 is 1.73 bits per heavy atom. The average molecular weight is 427 g/mol. The van der Waals surface area contributed by atoms with Crippen LogP contribution in [0.3, 0.4) is 0 Å². The van der Waals surface area contributed by atoms with Crippen LogP contribution in [0.25, 0.3) is 0 Å². The molecule has 0 aromatic rings. The Labute approximate surface area is 184 Å². The number of nitrogens with zero attached hydrogens (tertiary/aromatic N) is 2. The van der Waals surface area contributed by atoms with Crippen LogP contribution >= 0.6 is 0 Å². The van der Waals surface area contributed by atoms with Crippen molar-refractivity contribution >= 4 is 0 Å². The van der Waals surface area contributed by atoms with E-state index in [0.29, 0.717) is 12.2 Å². The standard InChI is InChI=1S/C7H13NO.C6H12O.C6H10O.C5H11NO/c1-8-4-6-2-3-7(5-8)9-6;3*1-6-2-4-7-5-3-6/h6-7H,2-5H2,1H3;6H,2-5H2,1H3;2H,3-5H2,1H3;2-5H2,1H3. The zero-order chi connectivity index (χ0) is 21.6. The summed E-state index contributed by atoms with van der Waals surface area (Å²) in [5, 5.41) is 0. The van der Waals surface area contributed by atoms with Gasteiger partial charge in [0.1, 0.15) is 0 Å². The fourth-order valence-electron chi connectivity index (χ4n) is 3.91. The first-order valence-electron chi connectivity index (χ1n) is 11.9. The summed E-state index contributed by atoms with van der Waals surface area (Å²) < 4.78 is 20.9. The predicted octanol–water partition coefficient (Wildman–Crippen LogP) is 3.21. The molecule has 2 bridgehead atoms. The van der Waals surface area contributed by atoms with Crippen LogP contribution in [0.15, 0.2) is 11.6 Å². The highest BCUT2D eigenvalue weighted by molar-refractivity contribution is 4.99. The third-order valence-corrected chi connectivity index (χ3v) is 6.16. The molecule has 2 atom stereocenters. The highest BCUT2D eigenvalue weighted by atomic mass is 16.5. The van der Waals surface area contributed by atoms with Crippen molar-refractivity contribution in [2.24, 2.45) is 5.92 Å². The maximum atomic E-state index is 5.63. The predicted molar refractivity (Wildman–Crippen MR) is 122 cm³/mol. The van der Waals surface area contributed by atoms with Crippen LogP contribution in [0.4, 0.5) is 0 Å². The Bertz CT molecular complexity index is 434. The number of fused-ring (bicyclic) bond motifs is 2. The van der Waals surface area contributed by atoms with E-state index >= 15 is 0 Å². The van der Waals surface area contributed by atoms with Crippen molar-refractivity contribution in [2.45, 2.75) is 58.2 Å². The molecule has 2 unspecified atom stereocenters. The molecule has 0 aromatic carbocycles. The number of likely N-dealkylation sites (N-methyl/N-ethyl adjacent to an activating group) is 2. The molecule has 5 aliphatic heterocycles. The van der Waals surface area contributed by atoms with E-state index in [0.717, 1.165) is 78.2 Å². The maximum absolute atomic E-state index is 5.63. The summed E-state index contributed by atoms with van der Waals surface area (Å²) in [5.41, 5.74) is 1.46. The molecule has 4 fully saturated rings. The molecule has 0 aliphatic carbocycles. The Morgan fingerprint density at radius 2 is 1.37 bits per heavy atom. The molecule has 0 amide bonds. The molecule has 0 saturated carbocycles. The van der Waals surface area contributed by atoms with Crippen molar-refractivity contribution < 1.29 is 18.9 Å². The number of rotatable bonds is 0. The Balaban J connectivity index is 0.000000144. The Kier molecular flexibility index (Phi) is 13.2. The van der Waals surface area contributed by atoms with Gasteiger partial charge in [0, 0.05) is 39.4 Å². The fraction of sp³-hybridized carbons (Fsp3) is 0.917. The van der Waals surface area contributed by atoms with Crippen molar-refractivity contribution in [3.05, 3.63) is 11.6 Å². The highest BCUT2D eigenvalue weighted by Gasteiger charge is 2.31. The molecule has 0 aromatic heterocycles. The molecule has 5 rings (SSSR count). The lowest BCUT2D eigenvalue weighted by atomic mass is 10.0. The van der Waals surface area contributed by atoms with E-state index in [2.05, 4.69) is 43.8 Å². The number of hydrogen-bond acceptors (Lipinski definition) is 6. The summed E-state index contributed by atoms with van der Waals surface area (Å²) in [5.74, 6) is 0.911. The van der Waals surface area contributed by atoms with Gasteiger partial charge in [0.05, 0.1) is 38.6 Å². The number of ether oxygens (including phenoxy) is 4. The average Bonchev–Trinajstić information content (AvgIpc) is 3.09. The van der Waals surface area contributed by atoms with E-state index in [9.17, 15) is 0 Å². The van der Waals surface area contributed by atoms with E-state index in [1.807, 2.05) is 0 Å². The molecular weight excluding hydrogens is 380 g/mol.